The van der Waals surface area contributed by atoms with Crippen molar-refractivity contribution in [2.45, 2.75) is 58.5 Å². The molecule has 0 amide bonds. The standard InChI is InChI=1S/C18H25BrO5/c1-4-5-6-7-13(2)23-17(20)10-11-18(21)24-15-9-8-14(19)12-16(15)22-3/h8-9,12-13H,4-7,10-11H2,1-3H3. The molecule has 1 rings (SSSR count). The summed E-state index contributed by atoms with van der Waals surface area (Å²) in [4.78, 5) is 23.6. The van der Waals surface area contributed by atoms with Crippen molar-refractivity contribution in [2.75, 3.05) is 7.11 Å². The molecule has 134 valence electrons. The van der Waals surface area contributed by atoms with Gasteiger partial charge in [0, 0.05) is 4.47 Å². The summed E-state index contributed by atoms with van der Waals surface area (Å²) in [6.45, 7) is 4.00. The summed E-state index contributed by atoms with van der Waals surface area (Å²) in [5.74, 6) is -0.0956. The van der Waals surface area contributed by atoms with Gasteiger partial charge in [0.1, 0.15) is 0 Å². The molecule has 1 unspecified atom stereocenters. The van der Waals surface area contributed by atoms with Gasteiger partial charge in [0.2, 0.25) is 0 Å². The van der Waals surface area contributed by atoms with Gasteiger partial charge >= 0.3 is 11.9 Å². The SMILES string of the molecule is CCCCCC(C)OC(=O)CCC(=O)Oc1ccc(Br)cc1OC. The minimum absolute atomic E-state index is 0.00972. The third-order valence-electron chi connectivity index (χ3n) is 3.43. The average Bonchev–Trinajstić information content (AvgIpc) is 2.54. The molecule has 1 aromatic carbocycles. The molecule has 1 aromatic rings. The first kappa shape index (κ1) is 20.5. The summed E-state index contributed by atoms with van der Waals surface area (Å²) in [5, 5.41) is 0. The van der Waals surface area contributed by atoms with E-state index in [0.29, 0.717) is 11.5 Å². The lowest BCUT2D eigenvalue weighted by atomic mass is 10.1. The van der Waals surface area contributed by atoms with Crippen molar-refractivity contribution >= 4 is 27.9 Å². The van der Waals surface area contributed by atoms with Crippen LogP contribution in [0.5, 0.6) is 11.5 Å². The van der Waals surface area contributed by atoms with Crippen molar-refractivity contribution in [3.63, 3.8) is 0 Å². The molecule has 0 N–H and O–H groups in total. The second-order valence-electron chi connectivity index (χ2n) is 5.57. The molecule has 0 aliphatic carbocycles. The minimum Gasteiger partial charge on any atom is -0.493 e. The van der Waals surface area contributed by atoms with E-state index in [1.165, 1.54) is 7.11 Å². The van der Waals surface area contributed by atoms with Gasteiger partial charge in [-0.3, -0.25) is 9.59 Å². The fraction of sp³-hybridized carbons (Fsp3) is 0.556. The van der Waals surface area contributed by atoms with E-state index in [1.54, 1.807) is 18.2 Å². The fourth-order valence-electron chi connectivity index (χ4n) is 2.13. The highest BCUT2D eigenvalue weighted by molar-refractivity contribution is 9.10. The van der Waals surface area contributed by atoms with Gasteiger partial charge in [-0.15, -0.1) is 0 Å². The highest BCUT2D eigenvalue weighted by atomic mass is 79.9. The molecule has 6 heteroatoms. The topological polar surface area (TPSA) is 61.8 Å². The van der Waals surface area contributed by atoms with Gasteiger partial charge < -0.3 is 14.2 Å². The van der Waals surface area contributed by atoms with Crippen LogP contribution in [0.25, 0.3) is 0 Å². The Morgan fingerprint density at radius 1 is 1.12 bits per heavy atom. The van der Waals surface area contributed by atoms with Gasteiger partial charge in [-0.2, -0.15) is 0 Å². The van der Waals surface area contributed by atoms with Crippen LogP contribution in [0.3, 0.4) is 0 Å². The van der Waals surface area contributed by atoms with Gasteiger partial charge in [-0.05, 0) is 38.0 Å². The molecule has 0 heterocycles. The van der Waals surface area contributed by atoms with Crippen molar-refractivity contribution in [3.8, 4) is 11.5 Å². The zero-order valence-electron chi connectivity index (χ0n) is 14.5. The largest absolute Gasteiger partial charge is 0.493 e. The van der Waals surface area contributed by atoms with Crippen LogP contribution in [0, 0.1) is 0 Å². The maximum Gasteiger partial charge on any atom is 0.311 e. The molecule has 0 saturated carbocycles. The first-order valence-corrected chi connectivity index (χ1v) is 8.99. The Kier molecular flexibility index (Phi) is 9.45. The number of hydrogen-bond donors (Lipinski definition) is 0. The number of carbonyl (C=O) groups is 2. The third-order valence-corrected chi connectivity index (χ3v) is 3.92. The summed E-state index contributed by atoms with van der Waals surface area (Å²) in [7, 11) is 1.50. The molecule has 0 spiro atoms. The first-order chi connectivity index (χ1) is 11.5. The maximum absolute atomic E-state index is 11.9. The average molecular weight is 401 g/mol. The number of carbonyl (C=O) groups excluding carboxylic acids is 2. The Morgan fingerprint density at radius 2 is 1.83 bits per heavy atom. The highest BCUT2D eigenvalue weighted by Gasteiger charge is 2.15. The Morgan fingerprint density at radius 3 is 2.50 bits per heavy atom. The molecule has 5 nitrogen and oxygen atoms in total. The zero-order chi connectivity index (χ0) is 17.9. The normalized spacial score (nSPS) is 11.7. The molecule has 0 aliphatic rings. The van der Waals surface area contributed by atoms with E-state index in [4.69, 9.17) is 14.2 Å². The minimum atomic E-state index is -0.494. The van der Waals surface area contributed by atoms with Crippen LogP contribution in [0.4, 0.5) is 0 Å². The van der Waals surface area contributed by atoms with Crippen LogP contribution in [0.1, 0.15) is 52.4 Å². The van der Waals surface area contributed by atoms with Gasteiger partial charge in [-0.1, -0.05) is 35.7 Å². The number of hydrogen-bond acceptors (Lipinski definition) is 5. The van der Waals surface area contributed by atoms with Gasteiger partial charge in [0.25, 0.3) is 0 Å². The van der Waals surface area contributed by atoms with Crippen molar-refractivity contribution in [1.29, 1.82) is 0 Å². The lowest BCUT2D eigenvalue weighted by molar-refractivity contribution is -0.151. The lowest BCUT2D eigenvalue weighted by Gasteiger charge is -2.13. The molecule has 0 bridgehead atoms. The highest BCUT2D eigenvalue weighted by Crippen LogP contribution is 2.30. The molecule has 0 fully saturated rings. The van der Waals surface area contributed by atoms with Crippen LogP contribution < -0.4 is 9.47 Å². The molecule has 0 aliphatic heterocycles. The number of ether oxygens (including phenoxy) is 3. The van der Waals surface area contributed by atoms with Gasteiger partial charge in [0.05, 0.1) is 26.1 Å². The molecule has 1 atom stereocenters. The number of unbranched alkanes of at least 4 members (excludes halogenated alkanes) is 2. The van der Waals surface area contributed by atoms with E-state index >= 15 is 0 Å². The molecular formula is C18H25BrO5. The number of esters is 2. The van der Waals surface area contributed by atoms with Crippen LogP contribution >= 0.6 is 15.9 Å². The van der Waals surface area contributed by atoms with Crippen molar-refractivity contribution in [2.24, 2.45) is 0 Å². The van der Waals surface area contributed by atoms with Crippen LogP contribution in [0.15, 0.2) is 22.7 Å². The number of benzene rings is 1. The van der Waals surface area contributed by atoms with Crippen molar-refractivity contribution < 1.29 is 23.8 Å². The molecule has 24 heavy (non-hydrogen) atoms. The van der Waals surface area contributed by atoms with E-state index in [2.05, 4.69) is 22.9 Å². The van der Waals surface area contributed by atoms with Crippen LogP contribution in [-0.2, 0) is 14.3 Å². The monoisotopic (exact) mass is 400 g/mol. The van der Waals surface area contributed by atoms with Crippen LogP contribution in [0.2, 0.25) is 0 Å². The van der Waals surface area contributed by atoms with E-state index in [9.17, 15) is 9.59 Å². The molecule has 0 radical (unpaired) electrons. The number of halogens is 1. The number of rotatable bonds is 10. The molecular weight excluding hydrogens is 376 g/mol. The quantitative estimate of drug-likeness (QED) is 0.324. The Balaban J connectivity index is 2.37. The molecule has 0 aromatic heterocycles. The summed E-state index contributed by atoms with van der Waals surface area (Å²) in [6, 6.07) is 5.08. The maximum atomic E-state index is 11.9. The van der Waals surface area contributed by atoms with Gasteiger partial charge in [0.15, 0.2) is 11.5 Å². The Labute approximate surface area is 151 Å². The predicted octanol–water partition coefficient (Wildman–Crippen LogP) is 4.66. The summed E-state index contributed by atoms with van der Waals surface area (Å²) in [6.07, 6.45) is 4.01. The Hall–Kier alpha value is -1.56. The number of methoxy groups -OCH3 is 1. The zero-order valence-corrected chi connectivity index (χ0v) is 16.1. The summed E-state index contributed by atoms with van der Waals surface area (Å²) in [5.41, 5.74) is 0. The van der Waals surface area contributed by atoms with E-state index in [0.717, 1.165) is 30.2 Å². The Bertz CT molecular complexity index is 544. The second-order valence-corrected chi connectivity index (χ2v) is 6.48. The van der Waals surface area contributed by atoms with E-state index < -0.39 is 5.97 Å². The van der Waals surface area contributed by atoms with E-state index in [-0.39, 0.29) is 24.9 Å². The lowest BCUT2D eigenvalue weighted by Crippen LogP contribution is -2.17. The third kappa shape index (κ3) is 7.81. The predicted molar refractivity (Wildman–Crippen MR) is 95.3 cm³/mol. The second kappa shape index (κ2) is 11.1. The molecule has 0 saturated heterocycles. The van der Waals surface area contributed by atoms with Crippen LogP contribution in [-0.4, -0.2) is 25.2 Å². The first-order valence-electron chi connectivity index (χ1n) is 8.20. The summed E-state index contributed by atoms with van der Waals surface area (Å²) < 4.78 is 16.5. The van der Waals surface area contributed by atoms with Gasteiger partial charge in [-0.25, -0.2) is 0 Å². The smallest absolute Gasteiger partial charge is 0.311 e. The van der Waals surface area contributed by atoms with Crippen molar-refractivity contribution in [1.82, 2.24) is 0 Å². The summed E-state index contributed by atoms with van der Waals surface area (Å²) >= 11 is 3.32. The van der Waals surface area contributed by atoms with Crippen molar-refractivity contribution in [3.05, 3.63) is 22.7 Å². The van der Waals surface area contributed by atoms with E-state index in [1.807, 2.05) is 6.92 Å². The fourth-order valence-corrected chi connectivity index (χ4v) is 2.47.